The highest BCUT2D eigenvalue weighted by Gasteiger charge is 2.26. The van der Waals surface area contributed by atoms with Crippen LogP contribution in [0.1, 0.15) is 40.0 Å². The molecule has 0 amide bonds. The molecule has 18 heavy (non-hydrogen) atoms. The molecule has 3 heteroatoms. The lowest BCUT2D eigenvalue weighted by atomic mass is 9.77. The zero-order valence-electron chi connectivity index (χ0n) is 12.1. The van der Waals surface area contributed by atoms with Gasteiger partial charge in [-0.2, -0.15) is 0 Å². The van der Waals surface area contributed by atoms with Crippen molar-refractivity contribution < 1.29 is 0 Å². The molecule has 1 aliphatic rings. The molecule has 2 heterocycles. The Morgan fingerprint density at radius 3 is 2.67 bits per heavy atom. The third-order valence-electron chi connectivity index (χ3n) is 4.28. The molecule has 0 aromatic carbocycles. The highest BCUT2D eigenvalue weighted by Crippen LogP contribution is 2.34. The van der Waals surface area contributed by atoms with E-state index in [4.69, 9.17) is 0 Å². The van der Waals surface area contributed by atoms with Crippen molar-refractivity contribution in [2.45, 2.75) is 46.6 Å². The molecule has 1 aliphatic heterocycles. The highest BCUT2D eigenvalue weighted by molar-refractivity contribution is 4.79. The van der Waals surface area contributed by atoms with Crippen LogP contribution in [0.5, 0.6) is 0 Å². The molecule has 0 N–H and O–H groups in total. The molecular weight excluding hydrogens is 222 g/mol. The maximum atomic E-state index is 4.09. The summed E-state index contributed by atoms with van der Waals surface area (Å²) >= 11 is 0. The van der Waals surface area contributed by atoms with Crippen LogP contribution < -0.4 is 0 Å². The number of nitrogens with zero attached hydrogens (tertiary/aromatic N) is 3. The number of hydrogen-bond acceptors (Lipinski definition) is 2. The van der Waals surface area contributed by atoms with Crippen molar-refractivity contribution in [2.75, 3.05) is 19.6 Å². The number of likely N-dealkylation sites (tertiary alicyclic amines) is 1. The topological polar surface area (TPSA) is 21.1 Å². The quantitative estimate of drug-likeness (QED) is 0.821. The molecule has 0 bridgehead atoms. The third kappa shape index (κ3) is 3.84. The second kappa shape index (κ2) is 5.87. The van der Waals surface area contributed by atoms with Gasteiger partial charge in [-0.3, -0.25) is 0 Å². The SMILES string of the molecule is CC(C)(C)C1CCCN(CCn2ccnc2)CC1. The molecule has 1 aromatic rings. The average molecular weight is 249 g/mol. The molecule has 1 unspecified atom stereocenters. The standard InChI is InChI=1S/C15H27N3/c1-15(2,3)14-5-4-8-17(9-6-14)11-12-18-10-7-16-13-18/h7,10,13-14H,4-6,8-9,11-12H2,1-3H3. The van der Waals surface area contributed by atoms with Gasteiger partial charge in [-0.25, -0.2) is 4.98 Å². The van der Waals surface area contributed by atoms with Gasteiger partial charge in [0.25, 0.3) is 0 Å². The number of rotatable bonds is 3. The van der Waals surface area contributed by atoms with Crippen LogP contribution in [0.25, 0.3) is 0 Å². The average Bonchev–Trinajstić information content (AvgIpc) is 2.69. The minimum atomic E-state index is 0.473. The second-order valence-corrected chi connectivity index (χ2v) is 6.64. The molecule has 0 aliphatic carbocycles. The molecule has 1 fully saturated rings. The Hall–Kier alpha value is -0.830. The highest BCUT2D eigenvalue weighted by atomic mass is 15.2. The Bertz CT molecular complexity index is 337. The van der Waals surface area contributed by atoms with Gasteiger partial charge < -0.3 is 9.47 Å². The zero-order valence-corrected chi connectivity index (χ0v) is 12.1. The largest absolute Gasteiger partial charge is 0.336 e. The van der Waals surface area contributed by atoms with Crippen molar-refractivity contribution >= 4 is 0 Å². The lowest BCUT2D eigenvalue weighted by molar-refractivity contribution is 0.206. The van der Waals surface area contributed by atoms with E-state index < -0.39 is 0 Å². The monoisotopic (exact) mass is 249 g/mol. The molecule has 102 valence electrons. The number of hydrogen-bond donors (Lipinski definition) is 0. The summed E-state index contributed by atoms with van der Waals surface area (Å²) in [6, 6.07) is 0. The van der Waals surface area contributed by atoms with E-state index in [-0.39, 0.29) is 0 Å². The van der Waals surface area contributed by atoms with Crippen molar-refractivity contribution in [3.8, 4) is 0 Å². The van der Waals surface area contributed by atoms with E-state index in [1.165, 1.54) is 32.4 Å². The fraction of sp³-hybridized carbons (Fsp3) is 0.800. The van der Waals surface area contributed by atoms with E-state index in [1.54, 1.807) is 0 Å². The van der Waals surface area contributed by atoms with E-state index >= 15 is 0 Å². The molecule has 2 rings (SSSR count). The smallest absolute Gasteiger partial charge is 0.0946 e. The number of imidazole rings is 1. The van der Waals surface area contributed by atoms with Gasteiger partial charge in [-0.15, -0.1) is 0 Å². The van der Waals surface area contributed by atoms with Crippen molar-refractivity contribution in [3.05, 3.63) is 18.7 Å². The van der Waals surface area contributed by atoms with Gasteiger partial charge in [0, 0.05) is 25.5 Å². The van der Waals surface area contributed by atoms with Crippen LogP contribution in [0.2, 0.25) is 0 Å². The fourth-order valence-corrected chi connectivity index (χ4v) is 2.92. The summed E-state index contributed by atoms with van der Waals surface area (Å²) in [7, 11) is 0. The Kier molecular flexibility index (Phi) is 4.44. The van der Waals surface area contributed by atoms with E-state index in [1.807, 2.05) is 12.5 Å². The molecule has 1 saturated heterocycles. The first-order chi connectivity index (χ1) is 8.55. The Morgan fingerprint density at radius 1 is 1.17 bits per heavy atom. The van der Waals surface area contributed by atoms with E-state index in [9.17, 15) is 0 Å². The van der Waals surface area contributed by atoms with Crippen LogP contribution in [0.15, 0.2) is 18.7 Å². The van der Waals surface area contributed by atoms with E-state index in [0.717, 1.165) is 19.0 Å². The normalized spacial score (nSPS) is 22.9. The molecule has 1 atom stereocenters. The first-order valence-electron chi connectivity index (χ1n) is 7.24. The lowest BCUT2D eigenvalue weighted by Crippen LogP contribution is -2.29. The minimum absolute atomic E-state index is 0.473. The summed E-state index contributed by atoms with van der Waals surface area (Å²) < 4.78 is 2.17. The van der Waals surface area contributed by atoms with Gasteiger partial charge in [-0.05, 0) is 43.7 Å². The Balaban J connectivity index is 1.78. The molecular formula is C15H27N3. The van der Waals surface area contributed by atoms with Crippen molar-refractivity contribution in [1.29, 1.82) is 0 Å². The lowest BCUT2D eigenvalue weighted by Gasteiger charge is -2.29. The molecule has 0 saturated carbocycles. The number of aromatic nitrogens is 2. The van der Waals surface area contributed by atoms with Crippen LogP contribution in [0.3, 0.4) is 0 Å². The summed E-state index contributed by atoms with van der Waals surface area (Å²) in [5.74, 6) is 0.885. The maximum absolute atomic E-state index is 4.09. The van der Waals surface area contributed by atoms with E-state index in [2.05, 4.69) is 41.4 Å². The van der Waals surface area contributed by atoms with Gasteiger partial charge in [0.15, 0.2) is 0 Å². The Labute approximate surface area is 111 Å². The van der Waals surface area contributed by atoms with Crippen molar-refractivity contribution in [3.63, 3.8) is 0 Å². The summed E-state index contributed by atoms with van der Waals surface area (Å²) in [5, 5.41) is 0. The van der Waals surface area contributed by atoms with Crippen LogP contribution in [0.4, 0.5) is 0 Å². The van der Waals surface area contributed by atoms with Crippen LogP contribution in [-0.4, -0.2) is 34.1 Å². The van der Waals surface area contributed by atoms with Crippen LogP contribution >= 0.6 is 0 Å². The zero-order chi connectivity index (χ0) is 13.0. The second-order valence-electron chi connectivity index (χ2n) is 6.64. The molecule has 0 radical (unpaired) electrons. The maximum Gasteiger partial charge on any atom is 0.0946 e. The predicted molar refractivity (Wildman–Crippen MR) is 75.5 cm³/mol. The minimum Gasteiger partial charge on any atom is -0.336 e. The van der Waals surface area contributed by atoms with Crippen LogP contribution in [0, 0.1) is 11.3 Å². The van der Waals surface area contributed by atoms with Gasteiger partial charge in [0.05, 0.1) is 6.33 Å². The van der Waals surface area contributed by atoms with E-state index in [0.29, 0.717) is 5.41 Å². The van der Waals surface area contributed by atoms with Crippen molar-refractivity contribution in [1.82, 2.24) is 14.5 Å². The summed E-state index contributed by atoms with van der Waals surface area (Å²) in [6.07, 6.45) is 9.92. The summed E-state index contributed by atoms with van der Waals surface area (Å²) in [5.41, 5.74) is 0.473. The predicted octanol–water partition coefficient (Wildman–Crippen LogP) is 3.03. The van der Waals surface area contributed by atoms with Gasteiger partial charge >= 0.3 is 0 Å². The molecule has 3 nitrogen and oxygen atoms in total. The summed E-state index contributed by atoms with van der Waals surface area (Å²) in [4.78, 5) is 6.71. The first-order valence-corrected chi connectivity index (χ1v) is 7.24. The third-order valence-corrected chi connectivity index (χ3v) is 4.28. The van der Waals surface area contributed by atoms with Gasteiger partial charge in [0.1, 0.15) is 0 Å². The van der Waals surface area contributed by atoms with Gasteiger partial charge in [0.2, 0.25) is 0 Å². The summed E-state index contributed by atoms with van der Waals surface area (Å²) in [6.45, 7) is 11.9. The fourth-order valence-electron chi connectivity index (χ4n) is 2.92. The first kappa shape index (κ1) is 13.6. The molecule has 0 spiro atoms. The molecule has 1 aromatic heterocycles. The Morgan fingerprint density at radius 2 is 2.00 bits per heavy atom. The van der Waals surface area contributed by atoms with Crippen LogP contribution in [-0.2, 0) is 6.54 Å². The van der Waals surface area contributed by atoms with Crippen molar-refractivity contribution in [2.24, 2.45) is 11.3 Å². The van der Waals surface area contributed by atoms with Gasteiger partial charge in [-0.1, -0.05) is 20.8 Å².